The molecule has 0 spiro atoms. The lowest BCUT2D eigenvalue weighted by atomic mass is 10.2. The van der Waals surface area contributed by atoms with Gasteiger partial charge in [-0.2, -0.15) is 0 Å². The van der Waals surface area contributed by atoms with E-state index in [1.54, 1.807) is 11.8 Å². The first-order valence-corrected chi connectivity index (χ1v) is 10.8. The van der Waals surface area contributed by atoms with Crippen LogP contribution in [0.3, 0.4) is 0 Å². The van der Waals surface area contributed by atoms with Gasteiger partial charge in [-0.25, -0.2) is 0 Å². The van der Waals surface area contributed by atoms with Crippen molar-refractivity contribution >= 4 is 29.4 Å². The van der Waals surface area contributed by atoms with Crippen LogP contribution < -0.4 is 4.74 Å². The van der Waals surface area contributed by atoms with Crippen molar-refractivity contribution in [1.29, 1.82) is 0 Å². The lowest BCUT2D eigenvalue weighted by Gasteiger charge is -2.15. The molecule has 0 radical (unpaired) electrons. The molecule has 2 aromatic carbocycles. The summed E-state index contributed by atoms with van der Waals surface area (Å²) in [5, 5.41) is 10.3. The van der Waals surface area contributed by atoms with Crippen LogP contribution in [0.5, 0.6) is 5.75 Å². The molecule has 0 aliphatic rings. The first kappa shape index (κ1) is 21.4. The number of rotatable bonds is 10. The maximum Gasteiger partial charge on any atom is 0.191 e. The highest BCUT2D eigenvalue weighted by atomic mass is 35.5. The van der Waals surface area contributed by atoms with E-state index in [4.69, 9.17) is 16.3 Å². The van der Waals surface area contributed by atoms with Gasteiger partial charge in [0.1, 0.15) is 11.6 Å². The molecule has 1 aromatic heterocycles. The van der Waals surface area contributed by atoms with E-state index in [0.717, 1.165) is 33.1 Å². The van der Waals surface area contributed by atoms with Crippen molar-refractivity contribution in [2.24, 2.45) is 7.05 Å². The molecule has 3 rings (SSSR count). The summed E-state index contributed by atoms with van der Waals surface area (Å²) in [6.07, 6.45) is 1.99. The minimum atomic E-state index is 0.622. The van der Waals surface area contributed by atoms with E-state index in [2.05, 4.69) is 15.1 Å². The first-order chi connectivity index (χ1) is 14.1. The number of thioether (sulfide) groups is 1. The smallest absolute Gasteiger partial charge is 0.191 e. The molecule has 0 unspecified atom stereocenters. The van der Waals surface area contributed by atoms with Gasteiger partial charge in [0.15, 0.2) is 5.16 Å². The number of hydrogen-bond acceptors (Lipinski definition) is 5. The molecule has 0 N–H and O–H groups in total. The number of hydrogen-bond donors (Lipinski definition) is 0. The summed E-state index contributed by atoms with van der Waals surface area (Å²) in [5.41, 5.74) is 1.10. The van der Waals surface area contributed by atoms with E-state index in [9.17, 15) is 0 Å². The number of aromatic nitrogens is 3. The Morgan fingerprint density at radius 3 is 2.52 bits per heavy atom. The Morgan fingerprint density at radius 2 is 1.79 bits per heavy atom. The molecule has 152 valence electrons. The standard InChI is InChI=1S/C22H25ClN4OS/c1-26(16-19(23)15-18-9-5-3-6-10-18)17-21-24-25-22(27(21)2)29-14-13-28-20-11-7-4-8-12-20/h3-12,15H,13-14,16-17H2,1-2H3. The predicted molar refractivity (Wildman–Crippen MR) is 120 cm³/mol. The monoisotopic (exact) mass is 428 g/mol. The molecular formula is C22H25ClN4OS. The second kappa shape index (κ2) is 11.0. The van der Waals surface area contributed by atoms with Gasteiger partial charge >= 0.3 is 0 Å². The fourth-order valence-electron chi connectivity index (χ4n) is 2.75. The van der Waals surface area contributed by atoms with Crippen LogP contribution in [0.4, 0.5) is 0 Å². The maximum absolute atomic E-state index is 6.42. The highest BCUT2D eigenvalue weighted by molar-refractivity contribution is 7.99. The SMILES string of the molecule is CN(CC(Cl)=Cc1ccccc1)Cc1nnc(SCCOc2ccccc2)n1C. The van der Waals surface area contributed by atoms with Gasteiger partial charge in [-0.3, -0.25) is 4.90 Å². The van der Waals surface area contributed by atoms with Crippen LogP contribution >= 0.6 is 23.4 Å². The second-order valence-electron chi connectivity index (χ2n) is 6.64. The molecule has 0 amide bonds. The Hall–Kier alpha value is -2.28. The molecule has 0 saturated heterocycles. The van der Waals surface area contributed by atoms with Crippen molar-refractivity contribution in [3.63, 3.8) is 0 Å². The summed E-state index contributed by atoms with van der Waals surface area (Å²) in [6.45, 7) is 1.94. The third kappa shape index (κ3) is 6.92. The summed E-state index contributed by atoms with van der Waals surface area (Å²) in [5.74, 6) is 2.60. The maximum atomic E-state index is 6.42. The molecule has 0 aliphatic carbocycles. The number of halogens is 1. The summed E-state index contributed by atoms with van der Waals surface area (Å²) < 4.78 is 7.75. The van der Waals surface area contributed by atoms with Crippen LogP contribution in [0.2, 0.25) is 0 Å². The van der Waals surface area contributed by atoms with Crippen molar-refractivity contribution in [2.75, 3.05) is 26.0 Å². The third-order valence-corrected chi connectivity index (χ3v) is 5.42. The van der Waals surface area contributed by atoms with Crippen molar-refractivity contribution < 1.29 is 4.74 Å². The van der Waals surface area contributed by atoms with Crippen molar-refractivity contribution in [2.45, 2.75) is 11.7 Å². The summed E-state index contributed by atoms with van der Waals surface area (Å²) in [6, 6.07) is 19.9. The van der Waals surface area contributed by atoms with E-state index in [1.807, 2.05) is 85.4 Å². The quantitative estimate of drug-likeness (QED) is 0.346. The van der Waals surface area contributed by atoms with Crippen molar-refractivity contribution in [3.05, 3.63) is 77.1 Å². The molecule has 7 heteroatoms. The zero-order valence-corrected chi connectivity index (χ0v) is 18.2. The average Bonchev–Trinajstić information content (AvgIpc) is 3.06. The topological polar surface area (TPSA) is 43.2 Å². The Kier molecular flexibility index (Phi) is 8.16. The van der Waals surface area contributed by atoms with Crippen LogP contribution in [0.25, 0.3) is 6.08 Å². The zero-order valence-electron chi connectivity index (χ0n) is 16.7. The van der Waals surface area contributed by atoms with Gasteiger partial charge < -0.3 is 9.30 Å². The fraction of sp³-hybridized carbons (Fsp3) is 0.273. The molecule has 0 atom stereocenters. The normalized spacial score (nSPS) is 11.8. The number of ether oxygens (including phenoxy) is 1. The van der Waals surface area contributed by atoms with Gasteiger partial charge in [-0.1, -0.05) is 71.9 Å². The lowest BCUT2D eigenvalue weighted by molar-refractivity contribution is 0.343. The molecule has 0 bridgehead atoms. The van der Waals surface area contributed by atoms with Crippen LogP contribution in [0.15, 0.2) is 70.9 Å². The number of para-hydroxylation sites is 1. The molecular weight excluding hydrogens is 404 g/mol. The van der Waals surface area contributed by atoms with Gasteiger partial charge in [0.25, 0.3) is 0 Å². The van der Waals surface area contributed by atoms with Crippen LogP contribution in [-0.2, 0) is 13.6 Å². The Bertz CT molecular complexity index is 915. The third-order valence-electron chi connectivity index (χ3n) is 4.21. The van der Waals surface area contributed by atoms with Gasteiger partial charge in [0.05, 0.1) is 13.2 Å². The van der Waals surface area contributed by atoms with Gasteiger partial charge in [0, 0.05) is 24.4 Å². The van der Waals surface area contributed by atoms with E-state index < -0.39 is 0 Å². The molecule has 1 heterocycles. The number of benzene rings is 2. The highest BCUT2D eigenvalue weighted by Crippen LogP contribution is 2.18. The number of nitrogens with zero attached hydrogens (tertiary/aromatic N) is 4. The van der Waals surface area contributed by atoms with E-state index in [-0.39, 0.29) is 0 Å². The average molecular weight is 429 g/mol. The summed E-state index contributed by atoms with van der Waals surface area (Å²) in [7, 11) is 4.02. The molecule has 5 nitrogen and oxygen atoms in total. The fourth-order valence-corrected chi connectivity index (χ4v) is 3.83. The zero-order chi connectivity index (χ0) is 20.5. The Morgan fingerprint density at radius 1 is 1.10 bits per heavy atom. The molecule has 0 aliphatic heterocycles. The lowest BCUT2D eigenvalue weighted by Crippen LogP contribution is -2.21. The Balaban J connectivity index is 1.46. The van der Waals surface area contributed by atoms with Crippen molar-refractivity contribution in [1.82, 2.24) is 19.7 Å². The van der Waals surface area contributed by atoms with Crippen molar-refractivity contribution in [3.8, 4) is 5.75 Å². The number of likely N-dealkylation sites (N-methyl/N-ethyl adjacent to an activating group) is 1. The Labute approximate surface area is 181 Å². The van der Waals surface area contributed by atoms with Crippen LogP contribution in [0, 0.1) is 0 Å². The van der Waals surface area contributed by atoms with E-state index >= 15 is 0 Å². The van der Waals surface area contributed by atoms with Gasteiger partial charge in [0.2, 0.25) is 0 Å². The molecule has 0 fully saturated rings. The minimum absolute atomic E-state index is 0.622. The summed E-state index contributed by atoms with van der Waals surface area (Å²) in [4.78, 5) is 2.12. The van der Waals surface area contributed by atoms with Crippen LogP contribution in [0.1, 0.15) is 11.4 Å². The predicted octanol–water partition coefficient (Wildman–Crippen LogP) is 4.70. The second-order valence-corrected chi connectivity index (χ2v) is 8.19. The van der Waals surface area contributed by atoms with E-state index in [0.29, 0.717) is 19.7 Å². The molecule has 29 heavy (non-hydrogen) atoms. The first-order valence-electron chi connectivity index (χ1n) is 9.40. The summed E-state index contributed by atoms with van der Waals surface area (Å²) >= 11 is 8.05. The van der Waals surface area contributed by atoms with E-state index in [1.165, 1.54) is 0 Å². The highest BCUT2D eigenvalue weighted by Gasteiger charge is 2.12. The molecule has 0 saturated carbocycles. The molecule has 3 aromatic rings. The largest absolute Gasteiger partial charge is 0.493 e. The van der Waals surface area contributed by atoms with Crippen LogP contribution in [-0.4, -0.2) is 45.6 Å². The van der Waals surface area contributed by atoms with Gasteiger partial charge in [-0.15, -0.1) is 10.2 Å². The minimum Gasteiger partial charge on any atom is -0.493 e. The van der Waals surface area contributed by atoms with Gasteiger partial charge in [-0.05, 0) is 30.8 Å².